The molecule has 1 fully saturated rings. The van der Waals surface area contributed by atoms with Gasteiger partial charge in [-0.05, 0) is 43.7 Å². The zero-order valence-electron chi connectivity index (χ0n) is 14.6. The molecule has 0 radical (unpaired) electrons. The molecule has 0 bridgehead atoms. The van der Waals surface area contributed by atoms with Crippen molar-refractivity contribution in [2.24, 2.45) is 0 Å². The summed E-state index contributed by atoms with van der Waals surface area (Å²) in [5.41, 5.74) is 4.81. The lowest BCUT2D eigenvalue weighted by molar-refractivity contribution is 0.208. The Bertz CT molecular complexity index is 817. The molecule has 2 aromatic carbocycles. The molecule has 0 spiro atoms. The van der Waals surface area contributed by atoms with E-state index < -0.39 is 0 Å². The van der Waals surface area contributed by atoms with Crippen LogP contribution in [-0.4, -0.2) is 37.1 Å². The number of benzene rings is 2. The predicted octanol–water partition coefficient (Wildman–Crippen LogP) is 3.53. The second-order valence-electron chi connectivity index (χ2n) is 6.38. The van der Waals surface area contributed by atoms with Gasteiger partial charge in [0.25, 0.3) is 0 Å². The minimum atomic E-state index is -0.0580. The Kier molecular flexibility index (Phi) is 4.90. The number of aryl methyl sites for hydroxylation is 2. The number of anilines is 2. The third-order valence-electron chi connectivity index (χ3n) is 4.53. The standard InChI is InChI=1S/C20H22N4O/c1-15-6-7-19(16(2)12-15)22-20(25)24-10-8-23(9-11-24)18-5-3-4-17(13-18)14-21/h3-7,12-13H,8-11H2,1-2H3,(H,22,25). The molecule has 2 amide bonds. The van der Waals surface area contributed by atoms with Gasteiger partial charge in [-0.3, -0.25) is 0 Å². The average Bonchev–Trinajstić information content (AvgIpc) is 2.64. The summed E-state index contributed by atoms with van der Waals surface area (Å²) in [5, 5.41) is 12.0. The third kappa shape index (κ3) is 3.92. The van der Waals surface area contributed by atoms with Crippen LogP contribution >= 0.6 is 0 Å². The van der Waals surface area contributed by atoms with E-state index in [0.717, 1.165) is 30.0 Å². The molecule has 0 atom stereocenters. The number of carbonyl (C=O) groups is 1. The number of urea groups is 1. The fraction of sp³-hybridized carbons (Fsp3) is 0.300. The molecule has 0 aliphatic carbocycles. The lowest BCUT2D eigenvalue weighted by Crippen LogP contribution is -2.50. The average molecular weight is 334 g/mol. The molecule has 1 saturated heterocycles. The third-order valence-corrected chi connectivity index (χ3v) is 4.53. The maximum absolute atomic E-state index is 12.5. The number of nitrogens with one attached hydrogen (secondary N) is 1. The van der Waals surface area contributed by atoms with Crippen molar-refractivity contribution in [1.29, 1.82) is 5.26 Å². The van der Waals surface area contributed by atoms with Crippen LogP contribution in [0.2, 0.25) is 0 Å². The van der Waals surface area contributed by atoms with Crippen molar-refractivity contribution in [2.45, 2.75) is 13.8 Å². The second kappa shape index (κ2) is 7.27. The maximum Gasteiger partial charge on any atom is 0.321 e. The number of amides is 2. The summed E-state index contributed by atoms with van der Waals surface area (Å²) in [6, 6.07) is 15.7. The van der Waals surface area contributed by atoms with Crippen LogP contribution in [0.1, 0.15) is 16.7 Å². The van der Waals surface area contributed by atoms with Crippen molar-refractivity contribution in [3.63, 3.8) is 0 Å². The normalized spacial score (nSPS) is 14.1. The monoisotopic (exact) mass is 334 g/mol. The van der Waals surface area contributed by atoms with Crippen molar-refractivity contribution in [1.82, 2.24) is 4.90 Å². The maximum atomic E-state index is 12.5. The molecule has 0 aromatic heterocycles. The van der Waals surface area contributed by atoms with E-state index in [0.29, 0.717) is 18.7 Å². The first-order valence-corrected chi connectivity index (χ1v) is 8.45. The molecule has 3 rings (SSSR count). The van der Waals surface area contributed by atoms with Gasteiger partial charge in [-0.25, -0.2) is 4.79 Å². The number of nitriles is 1. The summed E-state index contributed by atoms with van der Waals surface area (Å²) in [4.78, 5) is 16.5. The van der Waals surface area contributed by atoms with E-state index in [1.807, 2.05) is 49.1 Å². The van der Waals surface area contributed by atoms with Gasteiger partial charge in [0, 0.05) is 37.6 Å². The van der Waals surface area contributed by atoms with E-state index in [-0.39, 0.29) is 6.03 Å². The van der Waals surface area contributed by atoms with Gasteiger partial charge in [0.2, 0.25) is 0 Å². The van der Waals surface area contributed by atoms with Crippen molar-refractivity contribution in [3.8, 4) is 6.07 Å². The smallest absolute Gasteiger partial charge is 0.321 e. The topological polar surface area (TPSA) is 59.4 Å². The molecular formula is C20H22N4O. The molecule has 1 aliphatic heterocycles. The van der Waals surface area contributed by atoms with Crippen molar-refractivity contribution in [2.75, 3.05) is 36.4 Å². The van der Waals surface area contributed by atoms with Gasteiger partial charge >= 0.3 is 6.03 Å². The molecule has 5 nitrogen and oxygen atoms in total. The Morgan fingerprint density at radius 2 is 1.84 bits per heavy atom. The molecule has 0 saturated carbocycles. The fourth-order valence-electron chi connectivity index (χ4n) is 3.09. The first-order valence-electron chi connectivity index (χ1n) is 8.45. The molecule has 1 heterocycles. The number of hydrogen-bond acceptors (Lipinski definition) is 3. The highest BCUT2D eigenvalue weighted by Gasteiger charge is 2.21. The van der Waals surface area contributed by atoms with Crippen LogP contribution in [0.5, 0.6) is 0 Å². The van der Waals surface area contributed by atoms with Gasteiger partial charge in [-0.1, -0.05) is 23.8 Å². The molecule has 2 aromatic rings. The molecule has 128 valence electrons. The highest BCUT2D eigenvalue weighted by atomic mass is 16.2. The van der Waals surface area contributed by atoms with Gasteiger partial charge in [0.05, 0.1) is 11.6 Å². The lowest BCUT2D eigenvalue weighted by Gasteiger charge is -2.36. The molecule has 1 aliphatic rings. The van der Waals surface area contributed by atoms with E-state index in [2.05, 4.69) is 22.4 Å². The quantitative estimate of drug-likeness (QED) is 0.914. The van der Waals surface area contributed by atoms with Gasteiger partial charge in [-0.15, -0.1) is 0 Å². The number of hydrogen-bond donors (Lipinski definition) is 1. The number of rotatable bonds is 2. The Hall–Kier alpha value is -3.00. The molecule has 25 heavy (non-hydrogen) atoms. The summed E-state index contributed by atoms with van der Waals surface area (Å²) in [7, 11) is 0. The highest BCUT2D eigenvalue weighted by molar-refractivity contribution is 5.90. The zero-order chi connectivity index (χ0) is 17.8. The minimum absolute atomic E-state index is 0.0580. The molecule has 0 unspecified atom stereocenters. The van der Waals surface area contributed by atoms with Gasteiger partial charge in [-0.2, -0.15) is 5.26 Å². The summed E-state index contributed by atoms with van der Waals surface area (Å²) in [5.74, 6) is 0. The van der Waals surface area contributed by atoms with E-state index in [1.54, 1.807) is 6.07 Å². The van der Waals surface area contributed by atoms with Gasteiger partial charge in [0.15, 0.2) is 0 Å². The van der Waals surface area contributed by atoms with E-state index >= 15 is 0 Å². The van der Waals surface area contributed by atoms with E-state index in [4.69, 9.17) is 5.26 Å². The van der Waals surface area contributed by atoms with Crippen molar-refractivity contribution in [3.05, 3.63) is 59.2 Å². The predicted molar refractivity (Wildman–Crippen MR) is 99.9 cm³/mol. The van der Waals surface area contributed by atoms with E-state index in [9.17, 15) is 4.79 Å². The SMILES string of the molecule is Cc1ccc(NC(=O)N2CCN(c3cccc(C#N)c3)CC2)c(C)c1. The number of piperazine rings is 1. The first-order chi connectivity index (χ1) is 12.1. The van der Waals surface area contributed by atoms with Crippen LogP contribution < -0.4 is 10.2 Å². The van der Waals surface area contributed by atoms with Crippen LogP contribution in [0.25, 0.3) is 0 Å². The highest BCUT2D eigenvalue weighted by Crippen LogP contribution is 2.20. The lowest BCUT2D eigenvalue weighted by atomic mass is 10.1. The summed E-state index contributed by atoms with van der Waals surface area (Å²) in [6.45, 7) is 6.88. The minimum Gasteiger partial charge on any atom is -0.368 e. The summed E-state index contributed by atoms with van der Waals surface area (Å²) in [6.07, 6.45) is 0. The van der Waals surface area contributed by atoms with E-state index in [1.165, 1.54) is 5.56 Å². The zero-order valence-corrected chi connectivity index (χ0v) is 14.6. The molecule has 5 heteroatoms. The number of carbonyl (C=O) groups excluding carboxylic acids is 1. The Labute approximate surface area is 148 Å². The number of nitrogens with zero attached hydrogens (tertiary/aromatic N) is 3. The van der Waals surface area contributed by atoms with Crippen LogP contribution in [0, 0.1) is 25.2 Å². The molecular weight excluding hydrogens is 312 g/mol. The molecule has 1 N–H and O–H groups in total. The second-order valence-corrected chi connectivity index (χ2v) is 6.38. The summed E-state index contributed by atoms with van der Waals surface area (Å²) < 4.78 is 0. The van der Waals surface area contributed by atoms with Crippen molar-refractivity contribution >= 4 is 17.4 Å². The fourth-order valence-corrected chi connectivity index (χ4v) is 3.09. The summed E-state index contributed by atoms with van der Waals surface area (Å²) >= 11 is 0. The van der Waals surface area contributed by atoms with Crippen LogP contribution in [-0.2, 0) is 0 Å². The largest absolute Gasteiger partial charge is 0.368 e. The Morgan fingerprint density at radius 1 is 1.08 bits per heavy atom. The Morgan fingerprint density at radius 3 is 2.52 bits per heavy atom. The van der Waals surface area contributed by atoms with Crippen LogP contribution in [0.4, 0.5) is 16.2 Å². The van der Waals surface area contributed by atoms with Crippen LogP contribution in [0.15, 0.2) is 42.5 Å². The van der Waals surface area contributed by atoms with Crippen molar-refractivity contribution < 1.29 is 4.79 Å². The van der Waals surface area contributed by atoms with Crippen LogP contribution in [0.3, 0.4) is 0 Å². The van der Waals surface area contributed by atoms with Gasteiger partial charge < -0.3 is 15.1 Å². The van der Waals surface area contributed by atoms with Gasteiger partial charge in [0.1, 0.15) is 0 Å². The Balaban J connectivity index is 1.60. The first kappa shape index (κ1) is 16.8.